The zero-order chi connectivity index (χ0) is 23.4. The van der Waals surface area contributed by atoms with Crippen molar-refractivity contribution in [1.82, 2.24) is 0 Å². The Hall–Kier alpha value is -2.04. The molecular formula is C29H36O4. The molecule has 1 aromatic rings. The van der Waals surface area contributed by atoms with Gasteiger partial charge in [-0.15, -0.1) is 0 Å². The molecule has 4 nitrogen and oxygen atoms in total. The summed E-state index contributed by atoms with van der Waals surface area (Å²) in [6, 6.07) is 8.26. The average molecular weight is 449 g/mol. The SMILES string of the molecule is COC[C@]1(OC)CC[C@H]2[C@@H]3CCC4=CC(=O)CCC4=C3[C@@H](c3ccc(C(C)=O)cc3)C[C@@]21C. The van der Waals surface area contributed by atoms with Crippen LogP contribution in [0.1, 0.15) is 80.6 Å². The maximum absolute atomic E-state index is 12.2. The summed E-state index contributed by atoms with van der Waals surface area (Å²) in [5.41, 5.74) is 6.06. The van der Waals surface area contributed by atoms with Crippen LogP contribution < -0.4 is 0 Å². The van der Waals surface area contributed by atoms with Gasteiger partial charge in [-0.05, 0) is 80.1 Å². The first-order valence-electron chi connectivity index (χ1n) is 12.5. The van der Waals surface area contributed by atoms with Crippen LogP contribution in [0.5, 0.6) is 0 Å². The quantitative estimate of drug-likeness (QED) is 0.533. The number of carbonyl (C=O) groups excluding carboxylic acids is 2. The lowest BCUT2D eigenvalue weighted by molar-refractivity contribution is -0.149. The van der Waals surface area contributed by atoms with Gasteiger partial charge in [-0.2, -0.15) is 0 Å². The van der Waals surface area contributed by atoms with Gasteiger partial charge >= 0.3 is 0 Å². The molecule has 5 atom stereocenters. The van der Waals surface area contributed by atoms with Crippen LogP contribution in [0.3, 0.4) is 0 Å². The number of methoxy groups -OCH3 is 2. The molecule has 0 heterocycles. The minimum absolute atomic E-state index is 0.00209. The van der Waals surface area contributed by atoms with Crippen molar-refractivity contribution in [2.24, 2.45) is 17.3 Å². The Bertz CT molecular complexity index is 1030. The van der Waals surface area contributed by atoms with Gasteiger partial charge in [0.1, 0.15) is 0 Å². The molecule has 0 aliphatic heterocycles. The molecule has 0 amide bonds. The zero-order valence-corrected chi connectivity index (χ0v) is 20.4. The monoisotopic (exact) mass is 448 g/mol. The van der Waals surface area contributed by atoms with Crippen LogP contribution in [0, 0.1) is 17.3 Å². The number of carbonyl (C=O) groups is 2. The Labute approximate surface area is 197 Å². The van der Waals surface area contributed by atoms with Crippen molar-refractivity contribution in [2.45, 2.75) is 70.3 Å². The van der Waals surface area contributed by atoms with E-state index < -0.39 is 0 Å². The zero-order valence-electron chi connectivity index (χ0n) is 20.4. The van der Waals surface area contributed by atoms with Crippen molar-refractivity contribution in [1.29, 1.82) is 0 Å². The van der Waals surface area contributed by atoms with Crippen LogP contribution >= 0.6 is 0 Å². The summed E-state index contributed by atoms with van der Waals surface area (Å²) >= 11 is 0. The van der Waals surface area contributed by atoms with Crippen LogP contribution in [0.15, 0.2) is 47.1 Å². The second kappa shape index (κ2) is 8.32. The highest BCUT2D eigenvalue weighted by Gasteiger charge is 2.63. The molecule has 0 bridgehead atoms. The Kier molecular flexibility index (Phi) is 5.73. The molecule has 0 saturated heterocycles. The Morgan fingerprint density at radius 2 is 1.85 bits per heavy atom. The van der Waals surface area contributed by atoms with Gasteiger partial charge in [-0.3, -0.25) is 9.59 Å². The van der Waals surface area contributed by atoms with E-state index in [1.807, 2.05) is 25.3 Å². The average Bonchev–Trinajstić information content (AvgIpc) is 3.10. The van der Waals surface area contributed by atoms with E-state index in [9.17, 15) is 9.59 Å². The van der Waals surface area contributed by atoms with E-state index in [1.165, 1.54) is 16.7 Å². The fraction of sp³-hybridized carbons (Fsp3) is 0.586. The van der Waals surface area contributed by atoms with Gasteiger partial charge in [0.25, 0.3) is 0 Å². The summed E-state index contributed by atoms with van der Waals surface area (Å²) in [4.78, 5) is 24.1. The number of Topliss-reactive ketones (excluding diaryl/α,β-unsaturated/α-hetero) is 1. The van der Waals surface area contributed by atoms with Gasteiger partial charge in [0.2, 0.25) is 0 Å². The van der Waals surface area contributed by atoms with Crippen molar-refractivity contribution in [3.8, 4) is 0 Å². The van der Waals surface area contributed by atoms with Crippen LogP contribution in [-0.2, 0) is 14.3 Å². The molecule has 5 rings (SSSR count). The van der Waals surface area contributed by atoms with E-state index in [4.69, 9.17) is 9.47 Å². The molecule has 4 aliphatic carbocycles. The largest absolute Gasteiger partial charge is 0.382 e. The summed E-state index contributed by atoms with van der Waals surface area (Å²) in [5.74, 6) is 1.71. The van der Waals surface area contributed by atoms with E-state index in [-0.39, 0.29) is 28.5 Å². The molecule has 1 aromatic carbocycles. The topological polar surface area (TPSA) is 52.6 Å². The molecule has 4 aliphatic rings. The molecule has 0 radical (unpaired) electrons. The highest BCUT2D eigenvalue weighted by molar-refractivity contribution is 5.94. The predicted molar refractivity (Wildman–Crippen MR) is 128 cm³/mol. The first-order chi connectivity index (χ1) is 15.8. The Morgan fingerprint density at radius 1 is 1.09 bits per heavy atom. The summed E-state index contributed by atoms with van der Waals surface area (Å²) in [6.45, 7) is 4.67. The van der Waals surface area contributed by atoms with E-state index in [0.29, 0.717) is 24.9 Å². The summed E-state index contributed by atoms with van der Waals surface area (Å²) < 4.78 is 12.0. The third-order valence-electron chi connectivity index (χ3n) is 9.51. The number of rotatable bonds is 5. The van der Waals surface area contributed by atoms with Gasteiger partial charge in [0.05, 0.1) is 12.2 Å². The molecule has 2 saturated carbocycles. The fourth-order valence-corrected chi connectivity index (χ4v) is 7.85. The Morgan fingerprint density at radius 3 is 2.52 bits per heavy atom. The lowest BCUT2D eigenvalue weighted by atomic mass is 9.51. The van der Waals surface area contributed by atoms with Gasteiger partial charge in [-0.1, -0.05) is 36.8 Å². The molecule has 2 fully saturated rings. The van der Waals surface area contributed by atoms with Crippen LogP contribution in [-0.4, -0.2) is 38.0 Å². The standard InChI is InChI=1S/C29H36O4/c1-18(30)19-5-7-20(8-6-19)25-16-28(2)26(13-14-29(28,33-4)17-32-3)24-11-9-21-15-22(31)10-12-23(21)27(24)25/h5-8,15,24-26H,9-14,16-17H2,1-4H3/t24-,25+,26-,28-,29+/m0/s1. The number of fused-ring (bicyclic) bond motifs is 4. The third kappa shape index (κ3) is 3.40. The molecule has 33 heavy (non-hydrogen) atoms. The molecule has 0 aromatic heterocycles. The first kappa shape index (κ1) is 22.7. The second-order valence-corrected chi connectivity index (χ2v) is 10.8. The molecule has 0 unspecified atom stereocenters. The summed E-state index contributed by atoms with van der Waals surface area (Å²) in [6.07, 6.45) is 8.71. The Balaban J connectivity index is 1.66. The number of ether oxygens (including phenoxy) is 2. The van der Waals surface area contributed by atoms with Crippen LogP contribution in [0.25, 0.3) is 0 Å². The third-order valence-corrected chi connectivity index (χ3v) is 9.51. The lowest BCUT2D eigenvalue weighted by Crippen LogP contribution is -2.54. The van der Waals surface area contributed by atoms with Crippen molar-refractivity contribution in [3.63, 3.8) is 0 Å². The van der Waals surface area contributed by atoms with Gasteiger partial charge in [0.15, 0.2) is 11.6 Å². The highest BCUT2D eigenvalue weighted by Crippen LogP contribution is 2.67. The maximum Gasteiger partial charge on any atom is 0.159 e. The van der Waals surface area contributed by atoms with E-state index in [1.54, 1.807) is 19.6 Å². The van der Waals surface area contributed by atoms with Crippen LogP contribution in [0.4, 0.5) is 0 Å². The molecule has 4 heteroatoms. The van der Waals surface area contributed by atoms with Gasteiger partial charge in [-0.25, -0.2) is 0 Å². The first-order valence-corrected chi connectivity index (χ1v) is 12.5. The number of benzene rings is 1. The van der Waals surface area contributed by atoms with Crippen molar-refractivity contribution in [3.05, 3.63) is 58.2 Å². The minimum atomic E-state index is -0.279. The fourth-order valence-electron chi connectivity index (χ4n) is 7.85. The van der Waals surface area contributed by atoms with Crippen molar-refractivity contribution in [2.75, 3.05) is 20.8 Å². The predicted octanol–water partition coefficient (Wildman–Crippen LogP) is 5.82. The second-order valence-electron chi connectivity index (χ2n) is 10.8. The van der Waals surface area contributed by atoms with Crippen molar-refractivity contribution < 1.29 is 19.1 Å². The highest BCUT2D eigenvalue weighted by atomic mass is 16.5. The van der Waals surface area contributed by atoms with E-state index in [0.717, 1.165) is 44.1 Å². The molecule has 0 N–H and O–H groups in total. The van der Waals surface area contributed by atoms with Crippen molar-refractivity contribution >= 4 is 11.6 Å². The smallest absolute Gasteiger partial charge is 0.159 e. The van der Waals surface area contributed by atoms with Crippen LogP contribution in [0.2, 0.25) is 0 Å². The number of hydrogen-bond acceptors (Lipinski definition) is 4. The minimum Gasteiger partial charge on any atom is -0.382 e. The van der Waals surface area contributed by atoms with Gasteiger partial charge in [0, 0.05) is 37.5 Å². The van der Waals surface area contributed by atoms with E-state index >= 15 is 0 Å². The normalized spacial score (nSPS) is 35.6. The number of allylic oxidation sites excluding steroid dienone is 4. The molecule has 176 valence electrons. The lowest BCUT2D eigenvalue weighted by Gasteiger charge is -2.55. The number of hydrogen-bond donors (Lipinski definition) is 0. The molecule has 0 spiro atoms. The molecular weight excluding hydrogens is 412 g/mol. The summed E-state index contributed by atoms with van der Waals surface area (Å²) in [5, 5.41) is 0. The van der Waals surface area contributed by atoms with E-state index in [2.05, 4.69) is 19.1 Å². The maximum atomic E-state index is 12.2. The van der Waals surface area contributed by atoms with Gasteiger partial charge < -0.3 is 9.47 Å². The number of ketones is 2. The summed E-state index contributed by atoms with van der Waals surface area (Å²) in [7, 11) is 3.63.